The maximum atomic E-state index is 12.2. The number of anilines is 3. The molecule has 1 amide bonds. The van der Waals surface area contributed by atoms with Crippen molar-refractivity contribution >= 4 is 23.0 Å². The van der Waals surface area contributed by atoms with Crippen LogP contribution in [0.25, 0.3) is 0 Å². The second-order valence-corrected chi connectivity index (χ2v) is 5.71. The van der Waals surface area contributed by atoms with Gasteiger partial charge in [0.15, 0.2) is 0 Å². The van der Waals surface area contributed by atoms with Gasteiger partial charge < -0.3 is 15.4 Å². The average molecular weight is 363 g/mol. The summed E-state index contributed by atoms with van der Waals surface area (Å²) in [5.41, 5.74) is 1.76. The quantitative estimate of drug-likeness (QED) is 0.801. The number of amides is 1. The molecule has 2 rings (SSSR count). The average Bonchev–Trinajstić information content (AvgIpc) is 2.56. The lowest BCUT2D eigenvalue weighted by Gasteiger charge is -2.15. The minimum absolute atomic E-state index is 0.225. The molecule has 2 N–H and O–H groups in total. The highest BCUT2D eigenvalue weighted by atomic mass is 19.4. The number of hydrogen-bond acceptors (Lipinski definition) is 4. The van der Waals surface area contributed by atoms with Gasteiger partial charge in [0.25, 0.3) is 0 Å². The molecule has 0 aromatic heterocycles. The zero-order valence-corrected chi connectivity index (χ0v) is 14.0. The van der Waals surface area contributed by atoms with Crippen LogP contribution in [-0.4, -0.2) is 12.3 Å². The Kier molecular flexibility index (Phi) is 5.72. The molecule has 0 radical (unpaired) electrons. The Morgan fingerprint density at radius 3 is 2.31 bits per heavy atom. The Bertz CT molecular complexity index is 825. The number of ether oxygens (including phenoxy) is 1. The predicted molar refractivity (Wildman–Crippen MR) is 91.0 cm³/mol. The van der Waals surface area contributed by atoms with E-state index in [2.05, 4.69) is 15.4 Å². The molecule has 26 heavy (non-hydrogen) atoms. The molecule has 0 spiro atoms. The largest absolute Gasteiger partial charge is 0.573 e. The fraction of sp³-hybridized carbons (Fsp3) is 0.222. The van der Waals surface area contributed by atoms with Gasteiger partial charge in [-0.2, -0.15) is 5.26 Å². The van der Waals surface area contributed by atoms with Crippen LogP contribution in [0.2, 0.25) is 0 Å². The van der Waals surface area contributed by atoms with Crippen molar-refractivity contribution in [2.45, 2.75) is 20.2 Å². The Hall–Kier alpha value is -3.21. The maximum Gasteiger partial charge on any atom is 0.573 e. The van der Waals surface area contributed by atoms with Crippen molar-refractivity contribution < 1.29 is 22.7 Å². The van der Waals surface area contributed by atoms with Crippen molar-refractivity contribution in [2.24, 2.45) is 5.92 Å². The molecular weight excluding hydrogens is 347 g/mol. The van der Waals surface area contributed by atoms with Crippen LogP contribution in [0.3, 0.4) is 0 Å². The van der Waals surface area contributed by atoms with Gasteiger partial charge in [-0.05, 0) is 42.5 Å². The fourth-order valence-electron chi connectivity index (χ4n) is 2.00. The van der Waals surface area contributed by atoms with Crippen LogP contribution in [0.5, 0.6) is 5.75 Å². The third-order valence-corrected chi connectivity index (χ3v) is 3.30. The highest BCUT2D eigenvalue weighted by Crippen LogP contribution is 2.29. The van der Waals surface area contributed by atoms with E-state index < -0.39 is 6.36 Å². The molecule has 8 heteroatoms. The molecule has 0 aliphatic rings. The minimum Gasteiger partial charge on any atom is -0.406 e. The normalized spacial score (nSPS) is 11.0. The number of carbonyl (C=O) groups is 1. The van der Waals surface area contributed by atoms with Gasteiger partial charge in [0.2, 0.25) is 5.91 Å². The van der Waals surface area contributed by atoms with Crippen molar-refractivity contribution in [1.29, 1.82) is 5.26 Å². The number of rotatable bonds is 5. The number of hydrogen-bond donors (Lipinski definition) is 2. The molecule has 0 saturated carbocycles. The first-order valence-corrected chi connectivity index (χ1v) is 7.66. The van der Waals surface area contributed by atoms with Gasteiger partial charge in [0.05, 0.1) is 23.0 Å². The molecule has 0 saturated heterocycles. The predicted octanol–water partition coefficient (Wildman–Crippen LogP) is 4.79. The second kappa shape index (κ2) is 7.78. The lowest BCUT2D eigenvalue weighted by atomic mass is 10.1. The first-order chi connectivity index (χ1) is 12.2. The van der Waals surface area contributed by atoms with Gasteiger partial charge in [0.1, 0.15) is 5.75 Å². The molecule has 0 aliphatic carbocycles. The number of nitrogens with zero attached hydrogens (tertiary/aromatic N) is 1. The van der Waals surface area contributed by atoms with Crippen molar-refractivity contribution in [3.05, 3.63) is 48.0 Å². The SMILES string of the molecule is CC(C)C(=O)Nc1cc(C#N)ccc1Nc1ccc(OC(F)(F)F)cc1. The summed E-state index contributed by atoms with van der Waals surface area (Å²) in [6, 6.07) is 11.8. The van der Waals surface area contributed by atoms with Crippen molar-refractivity contribution in [3.63, 3.8) is 0 Å². The van der Waals surface area contributed by atoms with E-state index in [0.717, 1.165) is 0 Å². The van der Waals surface area contributed by atoms with E-state index in [-0.39, 0.29) is 17.6 Å². The molecule has 0 fully saturated rings. The molecule has 0 atom stereocenters. The molecular formula is C18H16F3N3O2. The topological polar surface area (TPSA) is 74.2 Å². The summed E-state index contributed by atoms with van der Waals surface area (Å²) in [4.78, 5) is 11.9. The van der Waals surface area contributed by atoms with Crippen LogP contribution in [0.15, 0.2) is 42.5 Å². The highest BCUT2D eigenvalue weighted by molar-refractivity contribution is 5.96. The molecule has 0 bridgehead atoms. The summed E-state index contributed by atoms with van der Waals surface area (Å²) < 4.78 is 40.4. The Labute approximate surface area is 148 Å². The Balaban J connectivity index is 2.23. The zero-order valence-electron chi connectivity index (χ0n) is 14.0. The van der Waals surface area contributed by atoms with E-state index in [1.54, 1.807) is 26.0 Å². The minimum atomic E-state index is -4.75. The number of benzene rings is 2. The van der Waals surface area contributed by atoms with Crippen LogP contribution in [-0.2, 0) is 4.79 Å². The van der Waals surface area contributed by atoms with Crippen molar-refractivity contribution in [3.8, 4) is 11.8 Å². The van der Waals surface area contributed by atoms with Gasteiger partial charge in [-0.25, -0.2) is 0 Å². The lowest BCUT2D eigenvalue weighted by Crippen LogP contribution is -2.18. The van der Waals surface area contributed by atoms with E-state index in [1.165, 1.54) is 30.3 Å². The van der Waals surface area contributed by atoms with E-state index in [0.29, 0.717) is 22.6 Å². The third-order valence-electron chi connectivity index (χ3n) is 3.30. The van der Waals surface area contributed by atoms with Crippen LogP contribution in [0, 0.1) is 17.2 Å². The molecule has 5 nitrogen and oxygen atoms in total. The van der Waals surface area contributed by atoms with E-state index in [4.69, 9.17) is 5.26 Å². The summed E-state index contributed by atoms with van der Waals surface area (Å²) in [5.74, 6) is -0.819. The van der Waals surface area contributed by atoms with Gasteiger partial charge in [0, 0.05) is 11.6 Å². The fourth-order valence-corrected chi connectivity index (χ4v) is 2.00. The maximum absolute atomic E-state index is 12.2. The Morgan fingerprint density at radius 2 is 1.77 bits per heavy atom. The van der Waals surface area contributed by atoms with Gasteiger partial charge in [-0.1, -0.05) is 13.8 Å². The molecule has 0 unspecified atom stereocenters. The number of carbonyl (C=O) groups excluding carboxylic acids is 1. The van der Waals surface area contributed by atoms with E-state index >= 15 is 0 Å². The van der Waals surface area contributed by atoms with Crippen LogP contribution < -0.4 is 15.4 Å². The summed E-state index contributed by atoms with van der Waals surface area (Å²) in [6.45, 7) is 3.46. The summed E-state index contributed by atoms with van der Waals surface area (Å²) in [5, 5.41) is 14.7. The first kappa shape index (κ1) is 19.1. The van der Waals surface area contributed by atoms with Crippen molar-refractivity contribution in [1.82, 2.24) is 0 Å². The molecule has 2 aromatic rings. The van der Waals surface area contributed by atoms with Gasteiger partial charge in [-0.3, -0.25) is 4.79 Å². The molecule has 0 heterocycles. The molecule has 0 aliphatic heterocycles. The number of nitrogens with one attached hydrogen (secondary N) is 2. The smallest absolute Gasteiger partial charge is 0.406 e. The van der Waals surface area contributed by atoms with Crippen LogP contribution in [0.1, 0.15) is 19.4 Å². The lowest BCUT2D eigenvalue weighted by molar-refractivity contribution is -0.274. The van der Waals surface area contributed by atoms with Crippen LogP contribution in [0.4, 0.5) is 30.2 Å². The molecule has 136 valence electrons. The zero-order chi connectivity index (χ0) is 19.3. The monoisotopic (exact) mass is 363 g/mol. The molecule has 2 aromatic carbocycles. The summed E-state index contributed by atoms with van der Waals surface area (Å²) >= 11 is 0. The van der Waals surface area contributed by atoms with Crippen LogP contribution >= 0.6 is 0 Å². The standard InChI is InChI=1S/C18H16F3N3O2/c1-11(2)17(25)24-16-9-12(10-22)3-8-15(16)23-13-4-6-14(7-5-13)26-18(19,20)21/h3-9,11,23H,1-2H3,(H,24,25). The summed E-state index contributed by atoms with van der Waals surface area (Å²) in [7, 11) is 0. The highest BCUT2D eigenvalue weighted by Gasteiger charge is 2.30. The van der Waals surface area contributed by atoms with E-state index in [1.807, 2.05) is 6.07 Å². The van der Waals surface area contributed by atoms with Crippen molar-refractivity contribution in [2.75, 3.05) is 10.6 Å². The van der Waals surface area contributed by atoms with E-state index in [9.17, 15) is 18.0 Å². The Morgan fingerprint density at radius 1 is 1.12 bits per heavy atom. The number of halogens is 3. The van der Waals surface area contributed by atoms with Gasteiger partial charge >= 0.3 is 6.36 Å². The number of alkyl halides is 3. The second-order valence-electron chi connectivity index (χ2n) is 5.71. The van der Waals surface area contributed by atoms with Gasteiger partial charge in [-0.15, -0.1) is 13.2 Å². The summed E-state index contributed by atoms with van der Waals surface area (Å²) in [6.07, 6.45) is -4.75. The first-order valence-electron chi connectivity index (χ1n) is 7.66. The third kappa shape index (κ3) is 5.41. The number of nitriles is 1.